The second-order valence-corrected chi connectivity index (χ2v) is 4.50. The van der Waals surface area contributed by atoms with Gasteiger partial charge in [-0.05, 0) is 20.3 Å². The van der Waals surface area contributed by atoms with Crippen LogP contribution in [0.1, 0.15) is 32.0 Å². The van der Waals surface area contributed by atoms with Crippen molar-refractivity contribution in [1.29, 1.82) is 0 Å². The van der Waals surface area contributed by atoms with Crippen molar-refractivity contribution < 1.29 is 19.2 Å². The van der Waals surface area contributed by atoms with Crippen LogP contribution in [0.5, 0.6) is 0 Å². The van der Waals surface area contributed by atoms with Gasteiger partial charge in [0.25, 0.3) is 0 Å². The van der Waals surface area contributed by atoms with E-state index in [2.05, 4.69) is 15.5 Å². The number of nitrogens with one attached hydrogen (secondary N) is 1. The van der Waals surface area contributed by atoms with Crippen molar-refractivity contribution in [1.82, 2.24) is 20.4 Å². The van der Waals surface area contributed by atoms with E-state index in [1.807, 2.05) is 13.8 Å². The third kappa shape index (κ3) is 4.87. The zero-order valence-electron chi connectivity index (χ0n) is 11.9. The molecule has 0 aliphatic heterocycles. The summed E-state index contributed by atoms with van der Waals surface area (Å²) in [4.78, 5) is 28.0. The predicted octanol–water partition coefficient (Wildman–Crippen LogP) is 0.815. The van der Waals surface area contributed by atoms with Crippen LogP contribution in [0.4, 0.5) is 4.79 Å². The molecular formula is C12H20N4O4. The van der Waals surface area contributed by atoms with Crippen molar-refractivity contribution in [2.45, 2.75) is 39.7 Å². The first-order chi connectivity index (χ1) is 9.43. The Kier molecular flexibility index (Phi) is 5.95. The number of amides is 2. The second-order valence-electron chi connectivity index (χ2n) is 4.50. The number of carbonyl (C=O) groups excluding carboxylic acids is 1. The molecule has 112 valence electrons. The number of carbonyl (C=O) groups is 2. The van der Waals surface area contributed by atoms with E-state index in [0.717, 1.165) is 0 Å². The van der Waals surface area contributed by atoms with Gasteiger partial charge >= 0.3 is 12.0 Å². The smallest absolute Gasteiger partial charge is 0.323 e. The molecule has 0 saturated carbocycles. The number of rotatable bonds is 7. The molecule has 8 heteroatoms. The fourth-order valence-corrected chi connectivity index (χ4v) is 1.61. The summed E-state index contributed by atoms with van der Waals surface area (Å²) in [5, 5.41) is 15.1. The molecule has 1 unspecified atom stereocenters. The molecule has 1 rings (SSSR count). The Morgan fingerprint density at radius 3 is 2.70 bits per heavy atom. The third-order valence-corrected chi connectivity index (χ3v) is 2.87. The first kappa shape index (κ1) is 15.9. The highest BCUT2D eigenvalue weighted by Crippen LogP contribution is 2.04. The van der Waals surface area contributed by atoms with Crippen molar-refractivity contribution >= 4 is 12.0 Å². The lowest BCUT2D eigenvalue weighted by atomic mass is 10.2. The predicted molar refractivity (Wildman–Crippen MR) is 70.2 cm³/mol. The van der Waals surface area contributed by atoms with E-state index in [0.29, 0.717) is 31.1 Å². The standard InChI is InChI=1S/C12H20N4O4/c1-4-8(2)16(7-11(17)18)12(19)13-6-5-10-14-9(3)15-20-10/h8H,4-7H2,1-3H3,(H,13,19)(H,17,18). The normalized spacial score (nSPS) is 11.9. The lowest BCUT2D eigenvalue weighted by molar-refractivity contribution is -0.138. The van der Waals surface area contributed by atoms with Crippen molar-refractivity contribution in [3.63, 3.8) is 0 Å². The van der Waals surface area contributed by atoms with Gasteiger partial charge in [0.15, 0.2) is 5.82 Å². The number of hydrogen-bond donors (Lipinski definition) is 2. The van der Waals surface area contributed by atoms with Gasteiger partial charge in [0.2, 0.25) is 5.89 Å². The van der Waals surface area contributed by atoms with E-state index in [9.17, 15) is 9.59 Å². The third-order valence-electron chi connectivity index (χ3n) is 2.87. The van der Waals surface area contributed by atoms with E-state index in [1.54, 1.807) is 6.92 Å². The van der Waals surface area contributed by atoms with Crippen LogP contribution in [0.3, 0.4) is 0 Å². The van der Waals surface area contributed by atoms with Gasteiger partial charge < -0.3 is 19.8 Å². The molecule has 0 aromatic carbocycles. The van der Waals surface area contributed by atoms with Crippen molar-refractivity contribution in [2.24, 2.45) is 0 Å². The van der Waals surface area contributed by atoms with Gasteiger partial charge in [0, 0.05) is 19.0 Å². The van der Waals surface area contributed by atoms with Crippen LogP contribution in [0.15, 0.2) is 4.52 Å². The van der Waals surface area contributed by atoms with Crippen LogP contribution in [0.2, 0.25) is 0 Å². The largest absolute Gasteiger partial charge is 0.480 e. The summed E-state index contributed by atoms with van der Waals surface area (Å²) in [5.41, 5.74) is 0. The molecule has 1 aromatic rings. The summed E-state index contributed by atoms with van der Waals surface area (Å²) in [6, 6.07) is -0.547. The van der Waals surface area contributed by atoms with Gasteiger partial charge in [-0.15, -0.1) is 0 Å². The molecule has 1 atom stereocenters. The molecule has 2 N–H and O–H groups in total. The lowest BCUT2D eigenvalue weighted by Gasteiger charge is -2.26. The van der Waals surface area contributed by atoms with Crippen LogP contribution >= 0.6 is 0 Å². The van der Waals surface area contributed by atoms with Gasteiger partial charge in [0.1, 0.15) is 6.54 Å². The molecule has 0 aliphatic carbocycles. The van der Waals surface area contributed by atoms with E-state index < -0.39 is 12.0 Å². The molecule has 1 heterocycles. The maximum absolute atomic E-state index is 12.0. The Balaban J connectivity index is 2.47. The number of carboxylic acids is 1. The van der Waals surface area contributed by atoms with E-state index >= 15 is 0 Å². The number of carboxylic acid groups (broad SMARTS) is 1. The van der Waals surface area contributed by atoms with Crippen LogP contribution < -0.4 is 5.32 Å². The van der Waals surface area contributed by atoms with Crippen LogP contribution in [0.25, 0.3) is 0 Å². The Hall–Kier alpha value is -2.12. The maximum Gasteiger partial charge on any atom is 0.323 e. The van der Waals surface area contributed by atoms with Gasteiger partial charge in [-0.3, -0.25) is 4.79 Å². The number of aryl methyl sites for hydroxylation is 1. The highest BCUT2D eigenvalue weighted by atomic mass is 16.5. The van der Waals surface area contributed by atoms with Crippen molar-refractivity contribution in [2.75, 3.05) is 13.1 Å². The van der Waals surface area contributed by atoms with Crippen molar-refractivity contribution in [3.8, 4) is 0 Å². The second kappa shape index (κ2) is 7.46. The molecule has 8 nitrogen and oxygen atoms in total. The minimum atomic E-state index is -1.03. The summed E-state index contributed by atoms with van der Waals surface area (Å²) >= 11 is 0. The summed E-state index contributed by atoms with van der Waals surface area (Å²) in [6.45, 7) is 5.41. The Morgan fingerprint density at radius 1 is 1.50 bits per heavy atom. The van der Waals surface area contributed by atoms with Crippen LogP contribution in [-0.4, -0.2) is 51.3 Å². The Labute approximate surface area is 117 Å². The van der Waals surface area contributed by atoms with E-state index in [1.165, 1.54) is 4.90 Å². The molecule has 20 heavy (non-hydrogen) atoms. The molecule has 2 amide bonds. The zero-order valence-corrected chi connectivity index (χ0v) is 11.9. The summed E-state index contributed by atoms with van der Waals surface area (Å²) < 4.78 is 4.92. The highest BCUT2D eigenvalue weighted by molar-refractivity contribution is 5.80. The molecule has 1 aromatic heterocycles. The molecule has 0 fully saturated rings. The first-order valence-corrected chi connectivity index (χ1v) is 6.49. The minimum absolute atomic E-state index is 0.142. The molecule has 0 bridgehead atoms. The summed E-state index contributed by atoms with van der Waals surface area (Å²) in [7, 11) is 0. The number of hydrogen-bond acceptors (Lipinski definition) is 5. The summed E-state index contributed by atoms with van der Waals surface area (Å²) in [5.74, 6) is -0.0532. The molecule has 0 spiro atoms. The van der Waals surface area contributed by atoms with Gasteiger partial charge in [-0.2, -0.15) is 4.98 Å². The quantitative estimate of drug-likeness (QED) is 0.767. The number of nitrogens with zero attached hydrogens (tertiary/aromatic N) is 3. The van der Waals surface area contributed by atoms with E-state index in [4.69, 9.17) is 9.63 Å². The van der Waals surface area contributed by atoms with Crippen molar-refractivity contribution in [3.05, 3.63) is 11.7 Å². The van der Waals surface area contributed by atoms with Gasteiger partial charge in [-0.25, -0.2) is 4.79 Å². The fraction of sp³-hybridized carbons (Fsp3) is 0.667. The zero-order chi connectivity index (χ0) is 15.1. The van der Waals surface area contributed by atoms with Crippen LogP contribution in [-0.2, 0) is 11.2 Å². The average Bonchev–Trinajstić information content (AvgIpc) is 2.80. The highest BCUT2D eigenvalue weighted by Gasteiger charge is 2.21. The van der Waals surface area contributed by atoms with E-state index in [-0.39, 0.29) is 12.6 Å². The maximum atomic E-state index is 12.0. The first-order valence-electron chi connectivity index (χ1n) is 6.49. The van der Waals surface area contributed by atoms with Crippen LogP contribution in [0, 0.1) is 6.92 Å². The topological polar surface area (TPSA) is 109 Å². The number of urea groups is 1. The Morgan fingerprint density at radius 2 is 2.20 bits per heavy atom. The number of aromatic nitrogens is 2. The summed E-state index contributed by atoms with van der Waals surface area (Å²) in [6.07, 6.45) is 1.09. The Bertz CT molecular complexity index is 460. The molecule has 0 saturated heterocycles. The molecule has 0 radical (unpaired) electrons. The SMILES string of the molecule is CCC(C)N(CC(=O)O)C(=O)NCCc1nc(C)no1. The lowest BCUT2D eigenvalue weighted by Crippen LogP contribution is -2.47. The van der Waals surface area contributed by atoms with Gasteiger partial charge in [-0.1, -0.05) is 12.1 Å². The van der Waals surface area contributed by atoms with Gasteiger partial charge in [0.05, 0.1) is 0 Å². The number of aliphatic carboxylic acids is 1. The monoisotopic (exact) mass is 284 g/mol. The molecular weight excluding hydrogens is 264 g/mol. The average molecular weight is 284 g/mol. The fourth-order valence-electron chi connectivity index (χ4n) is 1.61. The molecule has 0 aliphatic rings. The minimum Gasteiger partial charge on any atom is -0.480 e.